The second-order valence-electron chi connectivity index (χ2n) is 8.25. The summed E-state index contributed by atoms with van der Waals surface area (Å²) in [5.41, 5.74) is -0.124. The van der Waals surface area contributed by atoms with Crippen LogP contribution >= 0.6 is 0 Å². The Kier molecular flexibility index (Phi) is 5.96. The average molecular weight is 401 g/mol. The molecule has 1 saturated heterocycles. The van der Waals surface area contributed by atoms with E-state index in [0.717, 1.165) is 19.3 Å². The van der Waals surface area contributed by atoms with Gasteiger partial charge in [0.15, 0.2) is 8.32 Å². The van der Waals surface area contributed by atoms with Gasteiger partial charge in [-0.05, 0) is 55.4 Å². The third kappa shape index (κ3) is 4.51. The van der Waals surface area contributed by atoms with Crippen molar-refractivity contribution < 1.29 is 18.1 Å². The second-order valence-corrected chi connectivity index (χ2v) is 14.7. The lowest BCUT2D eigenvalue weighted by molar-refractivity contribution is -0.384. The number of piperidine rings is 1. The smallest absolute Gasteiger partial charge is 0.269 e. The fraction of sp³-hybridized carbons (Fsp3) is 0.647. The Morgan fingerprint density at radius 3 is 2.15 bits per heavy atom. The van der Waals surface area contributed by atoms with Gasteiger partial charge in [0, 0.05) is 25.2 Å². The lowest BCUT2D eigenvalue weighted by atomic mass is 9.89. The molecule has 0 atom stereocenters. The Labute approximate surface area is 156 Å². The number of nitro groups is 1. The Morgan fingerprint density at radius 2 is 1.73 bits per heavy atom. The van der Waals surface area contributed by atoms with E-state index in [1.807, 2.05) is 13.1 Å². The molecule has 1 fully saturated rings. The van der Waals surface area contributed by atoms with E-state index in [1.54, 1.807) is 0 Å². The minimum atomic E-state index is -3.63. The number of hydrogen-bond acceptors (Lipinski definition) is 5. The fourth-order valence-electron chi connectivity index (χ4n) is 3.21. The van der Waals surface area contributed by atoms with E-state index in [1.165, 1.54) is 28.6 Å². The molecule has 0 aromatic heterocycles. The molecule has 1 N–H and O–H groups in total. The molecule has 2 rings (SSSR count). The van der Waals surface area contributed by atoms with Crippen molar-refractivity contribution in [1.82, 2.24) is 4.31 Å². The monoisotopic (exact) mass is 400 g/mol. The van der Waals surface area contributed by atoms with Crippen molar-refractivity contribution in [3.05, 3.63) is 34.4 Å². The van der Waals surface area contributed by atoms with Gasteiger partial charge in [0.05, 0.1) is 9.82 Å². The molecule has 0 unspecified atom stereocenters. The molecule has 1 heterocycles. The maximum absolute atomic E-state index is 12.7. The highest BCUT2D eigenvalue weighted by atomic mass is 32.2. The molecule has 0 aliphatic carbocycles. The molecule has 0 radical (unpaired) electrons. The van der Waals surface area contributed by atoms with Gasteiger partial charge in [-0.15, -0.1) is 0 Å². The van der Waals surface area contributed by atoms with E-state index in [4.69, 9.17) is 0 Å². The van der Waals surface area contributed by atoms with Crippen molar-refractivity contribution in [2.24, 2.45) is 5.92 Å². The highest BCUT2D eigenvalue weighted by molar-refractivity contribution is 7.89. The van der Waals surface area contributed by atoms with Crippen LogP contribution in [0.3, 0.4) is 0 Å². The number of hydrogen-bond donors (Lipinski definition) is 1. The van der Waals surface area contributed by atoms with Crippen LogP contribution in [0, 0.1) is 16.0 Å². The van der Waals surface area contributed by atoms with Gasteiger partial charge in [0.1, 0.15) is 0 Å². The maximum Gasteiger partial charge on any atom is 0.269 e. The predicted octanol–water partition coefficient (Wildman–Crippen LogP) is 3.36. The summed E-state index contributed by atoms with van der Waals surface area (Å²) >= 11 is 0. The molecule has 1 aliphatic rings. The first-order valence-corrected chi connectivity index (χ1v) is 13.2. The molecular formula is C17H28N2O5SSi. The SMILES string of the molecule is CC(C)(CC1CCN(S(=O)(=O)c2ccc([N+](=O)[O-])cc2)CC1)[Si](C)(C)O. The van der Waals surface area contributed by atoms with E-state index in [0.29, 0.717) is 19.0 Å². The molecule has 9 heteroatoms. The Morgan fingerprint density at radius 1 is 1.23 bits per heavy atom. The summed E-state index contributed by atoms with van der Waals surface area (Å²) < 4.78 is 26.9. The van der Waals surface area contributed by atoms with Crippen molar-refractivity contribution in [3.63, 3.8) is 0 Å². The van der Waals surface area contributed by atoms with Crippen molar-refractivity contribution in [3.8, 4) is 0 Å². The Bertz CT molecular complexity index is 748. The zero-order chi connectivity index (χ0) is 19.8. The lowest BCUT2D eigenvalue weighted by Crippen LogP contribution is -2.43. The van der Waals surface area contributed by atoms with Gasteiger partial charge in [0.2, 0.25) is 10.0 Å². The quantitative estimate of drug-likeness (QED) is 0.448. The van der Waals surface area contributed by atoms with Gasteiger partial charge < -0.3 is 4.80 Å². The third-order valence-corrected chi connectivity index (χ3v) is 11.1. The van der Waals surface area contributed by atoms with Crippen LogP contribution in [0.1, 0.15) is 33.1 Å². The molecular weight excluding hydrogens is 372 g/mol. The van der Waals surface area contributed by atoms with Gasteiger partial charge in [-0.2, -0.15) is 4.31 Å². The average Bonchev–Trinajstić information content (AvgIpc) is 2.54. The van der Waals surface area contributed by atoms with E-state index in [9.17, 15) is 23.3 Å². The maximum atomic E-state index is 12.7. The third-order valence-electron chi connectivity index (χ3n) is 5.71. The number of nitrogens with zero attached hydrogens (tertiary/aromatic N) is 2. The first-order valence-electron chi connectivity index (χ1n) is 8.81. The van der Waals surface area contributed by atoms with Crippen LogP contribution < -0.4 is 0 Å². The van der Waals surface area contributed by atoms with Gasteiger partial charge >= 0.3 is 0 Å². The Balaban J connectivity index is 2.03. The molecule has 0 bridgehead atoms. The first kappa shape index (κ1) is 21.0. The van der Waals surface area contributed by atoms with Crippen LogP contribution in [0.25, 0.3) is 0 Å². The first-order chi connectivity index (χ1) is 11.8. The highest BCUT2D eigenvalue weighted by Crippen LogP contribution is 2.44. The highest BCUT2D eigenvalue weighted by Gasteiger charge is 2.40. The number of nitro benzene ring substituents is 1. The standard InChI is InChI=1S/C17H28N2O5SSi/c1-17(2,26(3,4)24)13-14-9-11-18(12-10-14)25(22,23)16-7-5-15(6-8-16)19(20)21/h5-8,14,24H,9-13H2,1-4H3. The van der Waals surface area contributed by atoms with Crippen molar-refractivity contribution in [1.29, 1.82) is 0 Å². The van der Waals surface area contributed by atoms with Crippen LogP contribution in [0.5, 0.6) is 0 Å². The molecule has 1 aliphatic heterocycles. The molecule has 1 aromatic carbocycles. The minimum Gasteiger partial charge on any atom is -0.432 e. The number of non-ortho nitro benzene ring substituents is 1. The van der Waals surface area contributed by atoms with Crippen LogP contribution in [0.4, 0.5) is 5.69 Å². The molecule has 0 spiro atoms. The predicted molar refractivity (Wildman–Crippen MR) is 103 cm³/mol. The fourth-order valence-corrected chi connectivity index (χ4v) is 5.47. The molecule has 7 nitrogen and oxygen atoms in total. The molecule has 1 aromatic rings. The van der Waals surface area contributed by atoms with Crippen molar-refractivity contribution in [2.45, 2.75) is 56.1 Å². The lowest BCUT2D eigenvalue weighted by Gasteiger charge is -2.40. The van der Waals surface area contributed by atoms with Crippen molar-refractivity contribution in [2.75, 3.05) is 13.1 Å². The van der Waals surface area contributed by atoms with E-state index >= 15 is 0 Å². The van der Waals surface area contributed by atoms with Gasteiger partial charge in [0.25, 0.3) is 5.69 Å². The van der Waals surface area contributed by atoms with Crippen molar-refractivity contribution >= 4 is 24.0 Å². The summed E-state index contributed by atoms with van der Waals surface area (Å²) in [4.78, 5) is 20.7. The van der Waals surface area contributed by atoms with Gasteiger partial charge in [-0.1, -0.05) is 13.8 Å². The van der Waals surface area contributed by atoms with Crippen LogP contribution in [-0.4, -0.2) is 43.8 Å². The summed E-state index contributed by atoms with van der Waals surface area (Å²) in [6.45, 7) is 8.96. The summed E-state index contributed by atoms with van der Waals surface area (Å²) in [6, 6.07) is 5.03. The summed E-state index contributed by atoms with van der Waals surface area (Å²) in [5.74, 6) is 0.396. The van der Waals surface area contributed by atoms with Crippen LogP contribution in [0.2, 0.25) is 18.1 Å². The largest absolute Gasteiger partial charge is 0.432 e. The zero-order valence-electron chi connectivity index (χ0n) is 15.8. The minimum absolute atomic E-state index is 0.0887. The summed E-state index contributed by atoms with van der Waals surface area (Å²) in [5, 5.41) is 10.6. The van der Waals surface area contributed by atoms with Crippen LogP contribution in [0.15, 0.2) is 29.2 Å². The number of sulfonamides is 1. The van der Waals surface area contributed by atoms with E-state index < -0.39 is 23.3 Å². The summed E-state index contributed by atoms with van der Waals surface area (Å²) in [6.07, 6.45) is 2.42. The summed E-state index contributed by atoms with van der Waals surface area (Å²) in [7, 11) is -5.91. The topological polar surface area (TPSA) is 101 Å². The number of benzene rings is 1. The molecule has 0 saturated carbocycles. The van der Waals surface area contributed by atoms with E-state index in [-0.39, 0.29) is 15.6 Å². The zero-order valence-corrected chi connectivity index (χ0v) is 17.6. The second kappa shape index (κ2) is 7.38. The van der Waals surface area contributed by atoms with Gasteiger partial charge in [-0.3, -0.25) is 10.1 Å². The molecule has 26 heavy (non-hydrogen) atoms. The molecule has 0 amide bonds. The van der Waals surface area contributed by atoms with Gasteiger partial charge in [-0.25, -0.2) is 8.42 Å². The normalized spacial score (nSPS) is 18.0. The van der Waals surface area contributed by atoms with Crippen LogP contribution in [-0.2, 0) is 10.0 Å². The van der Waals surface area contributed by atoms with E-state index in [2.05, 4.69) is 13.8 Å². The molecule has 146 valence electrons. The Hall–Kier alpha value is -1.29. The number of rotatable bonds is 6.